The minimum absolute atomic E-state index is 0.0269. The highest BCUT2D eigenvalue weighted by Gasteiger charge is 2.23. The highest BCUT2D eigenvalue weighted by molar-refractivity contribution is 7.18. The number of ether oxygens (including phenoxy) is 1. The van der Waals surface area contributed by atoms with Crippen molar-refractivity contribution in [2.24, 2.45) is 0 Å². The molecule has 0 saturated heterocycles. The zero-order valence-electron chi connectivity index (χ0n) is 14.0. The summed E-state index contributed by atoms with van der Waals surface area (Å²) in [5, 5.41) is 0.731. The first-order chi connectivity index (χ1) is 11.6. The number of nitrogens with zero attached hydrogens (tertiary/aromatic N) is 2. The second kappa shape index (κ2) is 6.31. The number of hydrogen-bond donors (Lipinski definition) is 0. The van der Waals surface area contributed by atoms with Gasteiger partial charge in [-0.25, -0.2) is 4.98 Å². The van der Waals surface area contributed by atoms with E-state index in [2.05, 4.69) is 4.98 Å². The SMILES string of the molecule is Cc1nc2sc3c(c2c(=O)n1CC(=O)OC1CCCC1)CCCC3. The molecule has 0 bridgehead atoms. The van der Waals surface area contributed by atoms with Gasteiger partial charge in [0, 0.05) is 4.88 Å². The van der Waals surface area contributed by atoms with E-state index < -0.39 is 0 Å². The lowest BCUT2D eigenvalue weighted by atomic mass is 9.97. The van der Waals surface area contributed by atoms with E-state index in [0.29, 0.717) is 5.82 Å². The Hall–Kier alpha value is -1.69. The van der Waals surface area contributed by atoms with Crippen molar-refractivity contribution in [3.63, 3.8) is 0 Å². The van der Waals surface area contributed by atoms with Crippen LogP contribution in [0.2, 0.25) is 0 Å². The fraction of sp³-hybridized carbons (Fsp3) is 0.611. The molecule has 24 heavy (non-hydrogen) atoms. The van der Waals surface area contributed by atoms with Crippen molar-refractivity contribution in [3.8, 4) is 0 Å². The van der Waals surface area contributed by atoms with E-state index >= 15 is 0 Å². The molecule has 0 aliphatic heterocycles. The minimum Gasteiger partial charge on any atom is -0.461 e. The smallest absolute Gasteiger partial charge is 0.326 e. The fourth-order valence-corrected chi connectivity index (χ4v) is 5.18. The number of rotatable bonds is 3. The molecule has 5 nitrogen and oxygen atoms in total. The second-order valence-electron chi connectivity index (χ2n) is 6.84. The van der Waals surface area contributed by atoms with Gasteiger partial charge in [0.2, 0.25) is 0 Å². The Balaban J connectivity index is 1.67. The van der Waals surface area contributed by atoms with E-state index in [4.69, 9.17) is 4.74 Å². The van der Waals surface area contributed by atoms with Crippen LogP contribution in [0, 0.1) is 6.92 Å². The molecule has 4 rings (SSSR count). The third-order valence-corrected chi connectivity index (χ3v) is 6.34. The lowest BCUT2D eigenvalue weighted by molar-refractivity contribution is -0.149. The van der Waals surface area contributed by atoms with Crippen LogP contribution in [0.25, 0.3) is 10.2 Å². The van der Waals surface area contributed by atoms with Crippen molar-refractivity contribution in [2.45, 2.75) is 70.9 Å². The molecule has 0 aromatic carbocycles. The Bertz CT molecular complexity index is 846. The fourth-order valence-electron chi connectivity index (χ4n) is 3.88. The maximum absolute atomic E-state index is 13.0. The Morgan fingerprint density at radius 1 is 1.25 bits per heavy atom. The molecule has 0 spiro atoms. The molecule has 2 aliphatic rings. The van der Waals surface area contributed by atoms with Gasteiger partial charge in [-0.3, -0.25) is 14.2 Å². The van der Waals surface area contributed by atoms with Gasteiger partial charge in [-0.1, -0.05) is 0 Å². The van der Waals surface area contributed by atoms with Gasteiger partial charge in [0.25, 0.3) is 5.56 Å². The van der Waals surface area contributed by atoms with Crippen LogP contribution < -0.4 is 5.56 Å². The van der Waals surface area contributed by atoms with E-state index in [1.165, 1.54) is 15.9 Å². The Morgan fingerprint density at radius 3 is 2.79 bits per heavy atom. The third kappa shape index (κ3) is 2.77. The maximum Gasteiger partial charge on any atom is 0.326 e. The van der Waals surface area contributed by atoms with Gasteiger partial charge in [0.15, 0.2) is 0 Å². The lowest BCUT2D eigenvalue weighted by Crippen LogP contribution is -2.30. The first-order valence-corrected chi connectivity index (χ1v) is 9.66. The molecule has 0 amide bonds. The van der Waals surface area contributed by atoms with Crippen LogP contribution in [0.15, 0.2) is 4.79 Å². The molecule has 1 fully saturated rings. The van der Waals surface area contributed by atoms with Crippen LogP contribution in [0.3, 0.4) is 0 Å². The number of hydrogen-bond acceptors (Lipinski definition) is 5. The van der Waals surface area contributed by atoms with Gasteiger partial charge < -0.3 is 4.74 Å². The van der Waals surface area contributed by atoms with Crippen molar-refractivity contribution in [1.82, 2.24) is 9.55 Å². The summed E-state index contributed by atoms with van der Waals surface area (Å²) < 4.78 is 6.99. The van der Waals surface area contributed by atoms with Crippen molar-refractivity contribution in [3.05, 3.63) is 26.6 Å². The average molecular weight is 346 g/mol. The number of aryl methyl sites for hydroxylation is 3. The van der Waals surface area contributed by atoms with Crippen LogP contribution in [0.5, 0.6) is 0 Å². The normalized spacial score (nSPS) is 18.0. The Labute approximate surface area is 144 Å². The first kappa shape index (κ1) is 15.8. The van der Waals surface area contributed by atoms with Gasteiger partial charge in [-0.2, -0.15) is 0 Å². The summed E-state index contributed by atoms with van der Waals surface area (Å²) in [6.07, 6.45) is 8.43. The molecule has 0 atom stereocenters. The maximum atomic E-state index is 13.0. The summed E-state index contributed by atoms with van der Waals surface area (Å²) in [5.74, 6) is 0.270. The summed E-state index contributed by atoms with van der Waals surface area (Å²) in [6, 6.07) is 0. The molecule has 0 N–H and O–H groups in total. The summed E-state index contributed by atoms with van der Waals surface area (Å²) in [5.41, 5.74) is 1.08. The summed E-state index contributed by atoms with van der Waals surface area (Å²) in [7, 11) is 0. The van der Waals surface area contributed by atoms with Crippen LogP contribution in [0.4, 0.5) is 0 Å². The standard InChI is InChI=1S/C18H22N2O3S/c1-11-19-17-16(13-8-4-5-9-14(13)24-17)18(22)20(11)10-15(21)23-12-6-2-3-7-12/h12H,2-10H2,1H3. The molecule has 2 heterocycles. The molecule has 2 aromatic heterocycles. The molecule has 0 unspecified atom stereocenters. The van der Waals surface area contributed by atoms with Crippen LogP contribution in [-0.2, 0) is 28.9 Å². The highest BCUT2D eigenvalue weighted by atomic mass is 32.1. The molecule has 2 aliphatic carbocycles. The number of carbonyl (C=O) groups excluding carboxylic acids is 1. The van der Waals surface area contributed by atoms with Crippen molar-refractivity contribution >= 4 is 27.5 Å². The molecule has 128 valence electrons. The van der Waals surface area contributed by atoms with Crippen molar-refractivity contribution in [2.75, 3.05) is 0 Å². The van der Waals surface area contributed by atoms with E-state index in [0.717, 1.165) is 60.7 Å². The number of aromatic nitrogens is 2. The van der Waals surface area contributed by atoms with Crippen molar-refractivity contribution < 1.29 is 9.53 Å². The number of fused-ring (bicyclic) bond motifs is 3. The summed E-state index contributed by atoms with van der Waals surface area (Å²) in [4.78, 5) is 31.9. The van der Waals surface area contributed by atoms with Crippen LogP contribution in [0.1, 0.15) is 54.8 Å². The van der Waals surface area contributed by atoms with Gasteiger partial charge in [0.1, 0.15) is 23.3 Å². The molecule has 2 aromatic rings. The molecule has 1 saturated carbocycles. The largest absolute Gasteiger partial charge is 0.461 e. The lowest BCUT2D eigenvalue weighted by Gasteiger charge is -2.14. The van der Waals surface area contributed by atoms with E-state index in [1.807, 2.05) is 0 Å². The Kier molecular flexibility index (Phi) is 4.16. The van der Waals surface area contributed by atoms with Gasteiger partial charge >= 0.3 is 5.97 Å². The monoisotopic (exact) mass is 346 g/mol. The molecule has 6 heteroatoms. The van der Waals surface area contributed by atoms with E-state index in [-0.39, 0.29) is 24.2 Å². The topological polar surface area (TPSA) is 61.2 Å². The van der Waals surface area contributed by atoms with Crippen molar-refractivity contribution in [1.29, 1.82) is 0 Å². The zero-order chi connectivity index (χ0) is 16.7. The number of thiophene rings is 1. The highest BCUT2D eigenvalue weighted by Crippen LogP contribution is 2.33. The van der Waals surface area contributed by atoms with Gasteiger partial charge in [0.05, 0.1) is 5.39 Å². The summed E-state index contributed by atoms with van der Waals surface area (Å²) in [6.45, 7) is 1.76. The average Bonchev–Trinajstić information content (AvgIpc) is 3.18. The number of esters is 1. The predicted octanol–water partition coefficient (Wildman–Crippen LogP) is 3.13. The molecular formula is C18H22N2O3S. The molecular weight excluding hydrogens is 324 g/mol. The minimum atomic E-state index is -0.322. The first-order valence-electron chi connectivity index (χ1n) is 8.84. The molecule has 0 radical (unpaired) electrons. The van der Waals surface area contributed by atoms with E-state index in [9.17, 15) is 9.59 Å². The third-order valence-electron chi connectivity index (χ3n) is 5.15. The van der Waals surface area contributed by atoms with Gasteiger partial charge in [-0.05, 0) is 63.9 Å². The second-order valence-corrected chi connectivity index (χ2v) is 7.92. The van der Waals surface area contributed by atoms with E-state index in [1.54, 1.807) is 18.3 Å². The predicted molar refractivity (Wildman–Crippen MR) is 93.6 cm³/mol. The van der Waals surface area contributed by atoms with Gasteiger partial charge in [-0.15, -0.1) is 11.3 Å². The summed E-state index contributed by atoms with van der Waals surface area (Å²) >= 11 is 1.64. The zero-order valence-corrected chi connectivity index (χ0v) is 14.8. The number of carbonyl (C=O) groups is 1. The Morgan fingerprint density at radius 2 is 2.00 bits per heavy atom. The van der Waals surface area contributed by atoms with Crippen LogP contribution >= 0.6 is 11.3 Å². The quantitative estimate of drug-likeness (QED) is 0.801. The van der Waals surface area contributed by atoms with Crippen LogP contribution in [-0.4, -0.2) is 21.6 Å².